The molecule has 0 unspecified atom stereocenters. The van der Waals surface area contributed by atoms with Crippen LogP contribution < -0.4 is 10.4 Å². The highest BCUT2D eigenvalue weighted by molar-refractivity contribution is 5.98. The molecule has 27 heavy (non-hydrogen) atoms. The Balaban J connectivity index is 1.83. The van der Waals surface area contributed by atoms with Crippen LogP contribution in [0.3, 0.4) is 0 Å². The number of hydrogen-bond acceptors (Lipinski definition) is 6. The number of oxime groups is 1. The Hall–Kier alpha value is -3.42. The fourth-order valence-corrected chi connectivity index (χ4v) is 2.69. The van der Waals surface area contributed by atoms with E-state index >= 15 is 0 Å². The summed E-state index contributed by atoms with van der Waals surface area (Å²) in [5.74, 6) is 0.755. The molecule has 0 spiro atoms. The number of ether oxygens (including phenoxy) is 1. The minimum atomic E-state index is -0.309. The zero-order valence-electron chi connectivity index (χ0n) is 15.7. The van der Waals surface area contributed by atoms with E-state index in [9.17, 15) is 4.79 Å². The highest BCUT2D eigenvalue weighted by Crippen LogP contribution is 2.22. The van der Waals surface area contributed by atoms with E-state index in [1.807, 2.05) is 56.3 Å². The van der Waals surface area contributed by atoms with Crippen molar-refractivity contribution in [2.75, 3.05) is 7.11 Å². The first-order valence-corrected chi connectivity index (χ1v) is 8.40. The molecule has 0 saturated heterocycles. The summed E-state index contributed by atoms with van der Waals surface area (Å²) < 4.78 is 8.43. The Morgan fingerprint density at radius 3 is 2.63 bits per heavy atom. The van der Waals surface area contributed by atoms with Crippen LogP contribution in [0.2, 0.25) is 0 Å². The highest BCUT2D eigenvalue weighted by Gasteiger charge is 2.12. The third kappa shape index (κ3) is 3.89. The lowest BCUT2D eigenvalue weighted by Crippen LogP contribution is -2.23. The van der Waals surface area contributed by atoms with Gasteiger partial charge < -0.3 is 9.57 Å². The Morgan fingerprint density at radius 2 is 1.96 bits per heavy atom. The van der Waals surface area contributed by atoms with E-state index in [-0.39, 0.29) is 5.69 Å². The monoisotopic (exact) mass is 367 g/mol. The van der Waals surface area contributed by atoms with Crippen molar-refractivity contribution in [2.24, 2.45) is 12.2 Å². The second-order valence-corrected chi connectivity index (χ2v) is 6.05. The maximum atomic E-state index is 12.1. The molecule has 8 nitrogen and oxygen atoms in total. The van der Waals surface area contributed by atoms with Crippen LogP contribution in [0.5, 0.6) is 5.75 Å². The lowest BCUT2D eigenvalue weighted by molar-refractivity contribution is 0.213. The molecule has 0 N–H and O–H groups in total. The van der Waals surface area contributed by atoms with Crippen molar-refractivity contribution in [1.82, 2.24) is 19.8 Å². The van der Waals surface area contributed by atoms with Gasteiger partial charge in [-0.05, 0) is 59.7 Å². The number of aromatic nitrogens is 4. The van der Waals surface area contributed by atoms with Gasteiger partial charge in [-0.2, -0.15) is 9.36 Å². The Kier molecular flexibility index (Phi) is 5.35. The van der Waals surface area contributed by atoms with E-state index in [2.05, 4.69) is 15.6 Å². The number of tetrazole rings is 1. The zero-order valence-corrected chi connectivity index (χ0v) is 15.7. The van der Waals surface area contributed by atoms with Crippen molar-refractivity contribution in [3.05, 3.63) is 69.6 Å². The average molecular weight is 367 g/mol. The second kappa shape index (κ2) is 7.86. The van der Waals surface area contributed by atoms with Gasteiger partial charge in [-0.15, -0.1) is 0 Å². The third-order valence-electron chi connectivity index (χ3n) is 4.15. The summed E-state index contributed by atoms with van der Waals surface area (Å²) in [5.41, 5.74) is 3.91. The smallest absolute Gasteiger partial charge is 0.368 e. The lowest BCUT2D eigenvalue weighted by atomic mass is 10.1. The first-order chi connectivity index (χ1) is 13.0. The van der Waals surface area contributed by atoms with Crippen molar-refractivity contribution >= 4 is 5.71 Å². The third-order valence-corrected chi connectivity index (χ3v) is 4.15. The standard InChI is InChI=1S/C19H21N5O3/c1-13-11-15(14(2)20-26-4)9-10-18(13)27-12-16-7-5-6-8-17(16)24-19(25)23(3)21-22-24/h5-11H,12H2,1-4H3/b20-14-. The molecule has 8 heteroatoms. The van der Waals surface area contributed by atoms with E-state index in [4.69, 9.17) is 9.57 Å². The maximum absolute atomic E-state index is 12.1. The Bertz CT molecular complexity index is 1040. The summed E-state index contributed by atoms with van der Waals surface area (Å²) in [7, 11) is 3.08. The van der Waals surface area contributed by atoms with Crippen molar-refractivity contribution in [3.63, 3.8) is 0 Å². The molecular weight excluding hydrogens is 346 g/mol. The molecule has 1 heterocycles. The second-order valence-electron chi connectivity index (χ2n) is 6.05. The molecule has 0 amide bonds. The molecule has 0 aliphatic rings. The Morgan fingerprint density at radius 1 is 1.19 bits per heavy atom. The number of benzene rings is 2. The van der Waals surface area contributed by atoms with Gasteiger partial charge in [0.1, 0.15) is 19.5 Å². The van der Waals surface area contributed by atoms with Crippen LogP contribution in [0.15, 0.2) is 52.4 Å². The summed E-state index contributed by atoms with van der Waals surface area (Å²) >= 11 is 0. The number of aryl methyl sites for hydroxylation is 2. The molecule has 0 atom stereocenters. The molecule has 0 radical (unpaired) electrons. The summed E-state index contributed by atoms with van der Waals surface area (Å²) in [5, 5.41) is 11.6. The summed E-state index contributed by atoms with van der Waals surface area (Å²) in [4.78, 5) is 17.0. The van der Waals surface area contributed by atoms with Crippen LogP contribution in [0, 0.1) is 6.92 Å². The van der Waals surface area contributed by atoms with Crippen LogP contribution in [-0.4, -0.2) is 32.6 Å². The van der Waals surface area contributed by atoms with Gasteiger partial charge >= 0.3 is 5.69 Å². The summed E-state index contributed by atoms with van der Waals surface area (Å²) in [6, 6.07) is 13.3. The van der Waals surface area contributed by atoms with Gasteiger partial charge in [0.25, 0.3) is 0 Å². The molecule has 1 aromatic heterocycles. The van der Waals surface area contributed by atoms with Crippen molar-refractivity contribution in [3.8, 4) is 11.4 Å². The van der Waals surface area contributed by atoms with Crippen LogP contribution >= 0.6 is 0 Å². The van der Waals surface area contributed by atoms with Crippen LogP contribution in [-0.2, 0) is 18.5 Å². The average Bonchev–Trinajstić information content (AvgIpc) is 3.00. The van der Waals surface area contributed by atoms with Gasteiger partial charge in [0.05, 0.1) is 11.4 Å². The predicted molar refractivity (Wildman–Crippen MR) is 101 cm³/mol. The Labute approximate surface area is 156 Å². The molecular formula is C19H21N5O3. The van der Waals surface area contributed by atoms with Gasteiger partial charge in [-0.3, -0.25) is 0 Å². The van der Waals surface area contributed by atoms with E-state index in [1.165, 1.54) is 16.5 Å². The molecule has 0 aliphatic heterocycles. The molecule has 0 bridgehead atoms. The zero-order chi connectivity index (χ0) is 19.4. The fraction of sp³-hybridized carbons (Fsp3) is 0.263. The number of hydrogen-bond donors (Lipinski definition) is 0. The van der Waals surface area contributed by atoms with Gasteiger partial charge in [0, 0.05) is 12.6 Å². The first-order valence-electron chi connectivity index (χ1n) is 8.40. The first kappa shape index (κ1) is 18.4. The predicted octanol–water partition coefficient (Wildman–Crippen LogP) is 2.22. The van der Waals surface area contributed by atoms with Crippen LogP contribution in [0.4, 0.5) is 0 Å². The normalized spacial score (nSPS) is 11.5. The molecule has 3 aromatic rings. The van der Waals surface area contributed by atoms with E-state index < -0.39 is 0 Å². The highest BCUT2D eigenvalue weighted by atomic mass is 16.6. The molecule has 2 aromatic carbocycles. The topological polar surface area (TPSA) is 83.5 Å². The van der Waals surface area contributed by atoms with E-state index in [1.54, 1.807) is 7.05 Å². The van der Waals surface area contributed by atoms with Crippen molar-refractivity contribution in [2.45, 2.75) is 20.5 Å². The van der Waals surface area contributed by atoms with E-state index in [0.29, 0.717) is 12.3 Å². The van der Waals surface area contributed by atoms with Crippen molar-refractivity contribution in [1.29, 1.82) is 0 Å². The van der Waals surface area contributed by atoms with Gasteiger partial charge in [-0.25, -0.2) is 4.79 Å². The maximum Gasteiger partial charge on any atom is 0.368 e. The fourth-order valence-electron chi connectivity index (χ4n) is 2.69. The SMILES string of the molecule is CO/N=C(/C)c1ccc(OCc2ccccc2-n2nnn(C)c2=O)c(C)c1. The number of rotatable bonds is 6. The molecule has 0 saturated carbocycles. The molecule has 0 fully saturated rings. The van der Waals surface area contributed by atoms with Crippen LogP contribution in [0.1, 0.15) is 23.6 Å². The minimum absolute atomic E-state index is 0.296. The minimum Gasteiger partial charge on any atom is -0.489 e. The van der Waals surface area contributed by atoms with Gasteiger partial charge in [0.15, 0.2) is 0 Å². The molecule has 140 valence electrons. The number of nitrogens with zero attached hydrogens (tertiary/aromatic N) is 5. The molecule has 3 rings (SSSR count). The largest absolute Gasteiger partial charge is 0.489 e. The van der Waals surface area contributed by atoms with Crippen LogP contribution in [0.25, 0.3) is 5.69 Å². The van der Waals surface area contributed by atoms with Gasteiger partial charge in [0.2, 0.25) is 0 Å². The van der Waals surface area contributed by atoms with Crippen molar-refractivity contribution < 1.29 is 9.57 Å². The summed E-state index contributed by atoms with van der Waals surface area (Å²) in [6.45, 7) is 4.15. The number of para-hydroxylation sites is 1. The summed E-state index contributed by atoms with van der Waals surface area (Å²) in [6.07, 6.45) is 0. The van der Waals surface area contributed by atoms with E-state index in [0.717, 1.165) is 28.2 Å². The van der Waals surface area contributed by atoms with Gasteiger partial charge in [-0.1, -0.05) is 23.4 Å². The quantitative estimate of drug-likeness (QED) is 0.493. The lowest BCUT2D eigenvalue weighted by Gasteiger charge is -2.13. The molecule has 0 aliphatic carbocycles.